The Labute approximate surface area is 128 Å². The van der Waals surface area contributed by atoms with Crippen molar-refractivity contribution in [3.63, 3.8) is 0 Å². The fourth-order valence-corrected chi connectivity index (χ4v) is 3.77. The van der Waals surface area contributed by atoms with E-state index in [1.54, 1.807) is 12.1 Å². The fraction of sp³-hybridized carbons (Fsp3) is 0.500. The van der Waals surface area contributed by atoms with E-state index in [0.717, 1.165) is 12.8 Å². The normalized spacial score (nSPS) is 29.9. The number of nitro benzene ring substituents is 1. The Hall–Kier alpha value is -2.24. The summed E-state index contributed by atoms with van der Waals surface area (Å²) < 4.78 is 0. The molecule has 2 saturated carbocycles. The van der Waals surface area contributed by atoms with Crippen LogP contribution < -0.4 is 5.43 Å². The highest BCUT2D eigenvalue weighted by atomic mass is 16.6. The molecule has 6 nitrogen and oxygen atoms in total. The fourth-order valence-electron chi connectivity index (χ4n) is 3.77. The Morgan fingerprint density at radius 1 is 1.41 bits per heavy atom. The first-order chi connectivity index (χ1) is 10.5. The van der Waals surface area contributed by atoms with Crippen molar-refractivity contribution in [1.82, 2.24) is 5.43 Å². The van der Waals surface area contributed by atoms with Crippen LogP contribution in [0.2, 0.25) is 0 Å². The number of hydrogen-bond acceptors (Lipinski definition) is 4. The summed E-state index contributed by atoms with van der Waals surface area (Å²) in [5, 5.41) is 14.5. The summed E-state index contributed by atoms with van der Waals surface area (Å²) >= 11 is 0. The summed E-state index contributed by atoms with van der Waals surface area (Å²) in [5.74, 6) is 0.590. The van der Waals surface area contributed by atoms with Gasteiger partial charge < -0.3 is 0 Å². The minimum atomic E-state index is -0.446. The third kappa shape index (κ3) is 2.61. The summed E-state index contributed by atoms with van der Waals surface area (Å²) in [5.41, 5.74) is 3.53. The number of hydrogen-bond donors (Lipinski definition) is 1. The van der Waals surface area contributed by atoms with Gasteiger partial charge in [-0.2, -0.15) is 5.10 Å². The Morgan fingerprint density at radius 2 is 2.14 bits per heavy atom. The maximum Gasteiger partial charge on any atom is 0.269 e. The zero-order chi connectivity index (χ0) is 15.7. The smallest absolute Gasteiger partial charge is 0.269 e. The second kappa shape index (κ2) is 5.51. The van der Waals surface area contributed by atoms with Crippen LogP contribution in [0.4, 0.5) is 5.69 Å². The predicted molar refractivity (Wildman–Crippen MR) is 82.4 cm³/mol. The molecule has 0 unspecified atom stereocenters. The Bertz CT molecular complexity index is 626. The Kier molecular flexibility index (Phi) is 3.68. The van der Waals surface area contributed by atoms with Gasteiger partial charge in [-0.25, -0.2) is 5.43 Å². The molecule has 1 amide bonds. The monoisotopic (exact) mass is 301 g/mol. The number of benzene rings is 1. The number of nitrogens with one attached hydrogen (secondary N) is 1. The maximum atomic E-state index is 12.2. The lowest BCUT2D eigenvalue weighted by Gasteiger charge is -2.15. The van der Waals surface area contributed by atoms with Crippen molar-refractivity contribution >= 4 is 17.8 Å². The Balaban J connectivity index is 1.56. The highest BCUT2D eigenvalue weighted by Gasteiger charge is 2.64. The maximum absolute atomic E-state index is 12.2. The SMILES string of the molecule is C[C@]12CCCC[C@H]1[C@@H]2C(=O)N/N=C/c1ccc([N+](=O)[O-])cc1. The van der Waals surface area contributed by atoms with Crippen molar-refractivity contribution in [1.29, 1.82) is 0 Å². The number of amides is 1. The first kappa shape index (κ1) is 14.7. The number of carbonyl (C=O) groups excluding carboxylic acids is 1. The molecule has 0 radical (unpaired) electrons. The third-order valence-corrected chi connectivity index (χ3v) is 5.11. The summed E-state index contributed by atoms with van der Waals surface area (Å²) in [6.07, 6.45) is 6.21. The molecule has 0 heterocycles. The van der Waals surface area contributed by atoms with Crippen molar-refractivity contribution in [2.45, 2.75) is 32.6 Å². The molecule has 22 heavy (non-hydrogen) atoms. The van der Waals surface area contributed by atoms with Gasteiger partial charge in [-0.15, -0.1) is 0 Å². The number of non-ortho nitro benzene ring substituents is 1. The molecule has 2 fully saturated rings. The first-order valence-corrected chi connectivity index (χ1v) is 7.60. The van der Waals surface area contributed by atoms with Crippen LogP contribution in [0, 0.1) is 27.4 Å². The van der Waals surface area contributed by atoms with Crippen LogP contribution in [0.25, 0.3) is 0 Å². The lowest BCUT2D eigenvalue weighted by molar-refractivity contribution is -0.384. The number of fused-ring (bicyclic) bond motifs is 1. The highest BCUT2D eigenvalue weighted by molar-refractivity contribution is 5.86. The number of nitro groups is 1. The topological polar surface area (TPSA) is 84.6 Å². The van der Waals surface area contributed by atoms with Gasteiger partial charge in [0.1, 0.15) is 0 Å². The molecule has 2 aliphatic carbocycles. The summed E-state index contributed by atoms with van der Waals surface area (Å²) in [6, 6.07) is 6.04. The van der Waals surface area contributed by atoms with Gasteiger partial charge in [0.2, 0.25) is 5.91 Å². The molecule has 0 spiro atoms. The standard InChI is InChI=1S/C16H19N3O3/c1-16-9-3-2-4-13(16)14(16)15(20)18-17-10-11-5-7-12(8-6-11)19(21)22/h5-8,10,13-14H,2-4,9H2,1H3,(H,18,20)/b17-10+/t13-,14+,16-/m0/s1. The average molecular weight is 301 g/mol. The van der Waals surface area contributed by atoms with Crippen LogP contribution in [0.3, 0.4) is 0 Å². The highest BCUT2D eigenvalue weighted by Crippen LogP contribution is 2.66. The zero-order valence-corrected chi connectivity index (χ0v) is 12.5. The first-order valence-electron chi connectivity index (χ1n) is 7.60. The van der Waals surface area contributed by atoms with E-state index in [9.17, 15) is 14.9 Å². The number of rotatable bonds is 4. The minimum Gasteiger partial charge on any atom is -0.273 e. The molecule has 6 heteroatoms. The van der Waals surface area contributed by atoms with E-state index in [1.165, 1.54) is 31.2 Å². The van der Waals surface area contributed by atoms with E-state index >= 15 is 0 Å². The molecule has 1 aromatic carbocycles. The van der Waals surface area contributed by atoms with Crippen LogP contribution in [0.1, 0.15) is 38.2 Å². The molecule has 2 aliphatic rings. The molecule has 0 bridgehead atoms. The predicted octanol–water partition coefficient (Wildman–Crippen LogP) is 2.87. The van der Waals surface area contributed by atoms with E-state index in [-0.39, 0.29) is 22.9 Å². The van der Waals surface area contributed by atoms with Gasteiger partial charge in [0, 0.05) is 18.1 Å². The minimum absolute atomic E-state index is 0.00689. The van der Waals surface area contributed by atoms with Gasteiger partial charge in [-0.1, -0.05) is 19.8 Å². The number of nitrogens with zero attached hydrogens (tertiary/aromatic N) is 2. The van der Waals surface area contributed by atoms with Crippen molar-refractivity contribution in [3.8, 4) is 0 Å². The molecule has 116 valence electrons. The number of hydrazone groups is 1. The van der Waals surface area contributed by atoms with E-state index in [2.05, 4.69) is 17.5 Å². The third-order valence-electron chi connectivity index (χ3n) is 5.11. The van der Waals surface area contributed by atoms with Crippen LogP contribution in [0.5, 0.6) is 0 Å². The molecule has 3 atom stereocenters. The molecule has 1 N–H and O–H groups in total. The lowest BCUT2D eigenvalue weighted by Crippen LogP contribution is -2.22. The summed E-state index contributed by atoms with van der Waals surface area (Å²) in [7, 11) is 0. The van der Waals surface area contributed by atoms with Gasteiger partial charge in [-0.05, 0) is 41.9 Å². The number of carbonyl (C=O) groups is 1. The molecule has 0 aromatic heterocycles. The largest absolute Gasteiger partial charge is 0.273 e. The Morgan fingerprint density at radius 3 is 2.73 bits per heavy atom. The molecular formula is C16H19N3O3. The zero-order valence-electron chi connectivity index (χ0n) is 12.5. The van der Waals surface area contributed by atoms with Crippen molar-refractivity contribution in [3.05, 3.63) is 39.9 Å². The van der Waals surface area contributed by atoms with Gasteiger partial charge in [-0.3, -0.25) is 14.9 Å². The molecule has 1 aromatic rings. The van der Waals surface area contributed by atoms with Gasteiger partial charge in [0.05, 0.1) is 11.1 Å². The average Bonchev–Trinajstić information content (AvgIpc) is 3.13. The van der Waals surface area contributed by atoms with Crippen LogP contribution in [-0.4, -0.2) is 17.0 Å². The summed E-state index contributed by atoms with van der Waals surface area (Å²) in [4.78, 5) is 22.3. The molecule has 0 saturated heterocycles. The van der Waals surface area contributed by atoms with Crippen LogP contribution in [-0.2, 0) is 4.79 Å². The summed E-state index contributed by atoms with van der Waals surface area (Å²) in [6.45, 7) is 2.20. The second-order valence-electron chi connectivity index (χ2n) is 6.42. The van der Waals surface area contributed by atoms with E-state index in [1.807, 2.05) is 0 Å². The van der Waals surface area contributed by atoms with Crippen LogP contribution in [0.15, 0.2) is 29.4 Å². The van der Waals surface area contributed by atoms with Gasteiger partial charge >= 0.3 is 0 Å². The second-order valence-corrected chi connectivity index (χ2v) is 6.42. The molecule has 3 rings (SSSR count). The van der Waals surface area contributed by atoms with Crippen molar-refractivity contribution in [2.24, 2.45) is 22.4 Å². The van der Waals surface area contributed by atoms with Gasteiger partial charge in [0.15, 0.2) is 0 Å². The lowest BCUT2D eigenvalue weighted by atomic mass is 9.90. The molecule has 0 aliphatic heterocycles. The quantitative estimate of drug-likeness (QED) is 0.527. The van der Waals surface area contributed by atoms with Crippen molar-refractivity contribution < 1.29 is 9.72 Å². The van der Waals surface area contributed by atoms with E-state index < -0.39 is 4.92 Å². The van der Waals surface area contributed by atoms with E-state index in [4.69, 9.17) is 0 Å². The van der Waals surface area contributed by atoms with Gasteiger partial charge in [0.25, 0.3) is 5.69 Å². The van der Waals surface area contributed by atoms with E-state index in [0.29, 0.717) is 11.5 Å². The van der Waals surface area contributed by atoms with Crippen molar-refractivity contribution in [2.75, 3.05) is 0 Å². The molecular weight excluding hydrogens is 282 g/mol. The van der Waals surface area contributed by atoms with Crippen LogP contribution >= 0.6 is 0 Å².